The van der Waals surface area contributed by atoms with Gasteiger partial charge in [-0.15, -0.1) is 0 Å². The third-order valence-electron chi connectivity index (χ3n) is 3.31. The number of nitrogens with one attached hydrogen (secondary N) is 1. The van der Waals surface area contributed by atoms with Gasteiger partial charge in [-0.05, 0) is 54.3 Å². The van der Waals surface area contributed by atoms with E-state index in [0.717, 1.165) is 18.7 Å². The molecule has 92 valence electrons. The molecule has 2 aromatic rings. The molecule has 0 aromatic heterocycles. The maximum atomic E-state index is 5.46. The summed E-state index contributed by atoms with van der Waals surface area (Å²) in [6, 6.07) is 14.9. The standard InChI is InChI=1S/C16H17NO/c1-2-18-15-6-3-12(4-7-15)13-5-8-16-14(11-13)9-10-17-16/h3-8,11,17H,2,9-10H2,1H3. The SMILES string of the molecule is CCOc1ccc(-c2ccc3c(c2)CCN3)cc1. The lowest BCUT2D eigenvalue weighted by molar-refractivity contribution is 0.340. The zero-order valence-electron chi connectivity index (χ0n) is 10.6. The second kappa shape index (κ2) is 4.73. The first-order valence-electron chi connectivity index (χ1n) is 6.47. The highest BCUT2D eigenvalue weighted by Crippen LogP contribution is 2.29. The van der Waals surface area contributed by atoms with Gasteiger partial charge in [0.1, 0.15) is 5.75 Å². The van der Waals surface area contributed by atoms with Crippen LogP contribution >= 0.6 is 0 Å². The van der Waals surface area contributed by atoms with Gasteiger partial charge in [0, 0.05) is 12.2 Å². The van der Waals surface area contributed by atoms with E-state index >= 15 is 0 Å². The van der Waals surface area contributed by atoms with Crippen LogP contribution in [0.2, 0.25) is 0 Å². The third-order valence-corrected chi connectivity index (χ3v) is 3.31. The number of anilines is 1. The molecule has 1 N–H and O–H groups in total. The van der Waals surface area contributed by atoms with Crippen molar-refractivity contribution in [3.05, 3.63) is 48.0 Å². The molecule has 2 nitrogen and oxygen atoms in total. The Bertz CT molecular complexity index is 546. The van der Waals surface area contributed by atoms with Crippen LogP contribution in [0.1, 0.15) is 12.5 Å². The first-order valence-corrected chi connectivity index (χ1v) is 6.47. The molecule has 0 radical (unpaired) electrons. The number of hydrogen-bond donors (Lipinski definition) is 1. The van der Waals surface area contributed by atoms with Crippen molar-refractivity contribution >= 4 is 5.69 Å². The Morgan fingerprint density at radius 2 is 1.83 bits per heavy atom. The summed E-state index contributed by atoms with van der Waals surface area (Å²) in [5.74, 6) is 0.934. The number of benzene rings is 2. The fourth-order valence-electron chi connectivity index (χ4n) is 2.39. The van der Waals surface area contributed by atoms with Crippen molar-refractivity contribution in [2.24, 2.45) is 0 Å². The number of rotatable bonds is 3. The van der Waals surface area contributed by atoms with E-state index in [9.17, 15) is 0 Å². The average molecular weight is 239 g/mol. The summed E-state index contributed by atoms with van der Waals surface area (Å²) in [4.78, 5) is 0. The van der Waals surface area contributed by atoms with Crippen LogP contribution < -0.4 is 10.1 Å². The van der Waals surface area contributed by atoms with Crippen LogP contribution in [0, 0.1) is 0 Å². The topological polar surface area (TPSA) is 21.3 Å². The molecule has 1 heterocycles. The van der Waals surface area contributed by atoms with Gasteiger partial charge in [-0.1, -0.05) is 18.2 Å². The highest BCUT2D eigenvalue weighted by Gasteiger charge is 2.10. The van der Waals surface area contributed by atoms with E-state index in [1.807, 2.05) is 19.1 Å². The predicted octanol–water partition coefficient (Wildman–Crippen LogP) is 3.72. The van der Waals surface area contributed by atoms with Gasteiger partial charge in [0.05, 0.1) is 6.61 Å². The van der Waals surface area contributed by atoms with Gasteiger partial charge in [-0.2, -0.15) is 0 Å². The predicted molar refractivity (Wildman–Crippen MR) is 75.2 cm³/mol. The van der Waals surface area contributed by atoms with Gasteiger partial charge in [0.15, 0.2) is 0 Å². The molecule has 1 aliphatic heterocycles. The van der Waals surface area contributed by atoms with Crippen molar-refractivity contribution in [2.75, 3.05) is 18.5 Å². The molecule has 18 heavy (non-hydrogen) atoms. The minimum atomic E-state index is 0.712. The maximum absolute atomic E-state index is 5.46. The summed E-state index contributed by atoms with van der Waals surface area (Å²) < 4.78 is 5.46. The van der Waals surface area contributed by atoms with Crippen molar-refractivity contribution in [1.29, 1.82) is 0 Å². The van der Waals surface area contributed by atoms with Crippen molar-refractivity contribution in [2.45, 2.75) is 13.3 Å². The molecule has 0 saturated carbocycles. The van der Waals surface area contributed by atoms with Crippen molar-refractivity contribution in [1.82, 2.24) is 0 Å². The lowest BCUT2D eigenvalue weighted by Gasteiger charge is -2.07. The quantitative estimate of drug-likeness (QED) is 0.881. The van der Waals surface area contributed by atoms with Gasteiger partial charge in [0.25, 0.3) is 0 Å². The summed E-state index contributed by atoms with van der Waals surface area (Å²) in [6.07, 6.45) is 1.13. The van der Waals surface area contributed by atoms with Crippen molar-refractivity contribution in [3.63, 3.8) is 0 Å². The summed E-state index contributed by atoms with van der Waals surface area (Å²) >= 11 is 0. The maximum Gasteiger partial charge on any atom is 0.119 e. The lowest BCUT2D eigenvalue weighted by Crippen LogP contribution is -1.91. The van der Waals surface area contributed by atoms with Gasteiger partial charge >= 0.3 is 0 Å². The fraction of sp³-hybridized carbons (Fsp3) is 0.250. The van der Waals surface area contributed by atoms with Crippen LogP contribution in [-0.4, -0.2) is 13.2 Å². The molecular weight excluding hydrogens is 222 g/mol. The van der Waals surface area contributed by atoms with Gasteiger partial charge in [-0.25, -0.2) is 0 Å². The zero-order valence-corrected chi connectivity index (χ0v) is 10.6. The summed E-state index contributed by atoms with van der Waals surface area (Å²) in [6.45, 7) is 3.77. The van der Waals surface area contributed by atoms with Gasteiger partial charge < -0.3 is 10.1 Å². The molecule has 0 bridgehead atoms. The Hall–Kier alpha value is -1.96. The number of hydrogen-bond acceptors (Lipinski definition) is 2. The highest BCUT2D eigenvalue weighted by atomic mass is 16.5. The van der Waals surface area contributed by atoms with Crippen molar-refractivity contribution < 1.29 is 4.74 Å². The Morgan fingerprint density at radius 1 is 1.06 bits per heavy atom. The van der Waals surface area contributed by atoms with Crippen LogP contribution in [0.15, 0.2) is 42.5 Å². The lowest BCUT2D eigenvalue weighted by atomic mass is 10.0. The average Bonchev–Trinajstić information content (AvgIpc) is 2.87. The number of fused-ring (bicyclic) bond motifs is 1. The molecule has 2 aromatic carbocycles. The highest BCUT2D eigenvalue weighted by molar-refractivity contribution is 5.70. The molecule has 0 atom stereocenters. The zero-order chi connectivity index (χ0) is 12.4. The molecule has 0 amide bonds. The minimum absolute atomic E-state index is 0.712. The Morgan fingerprint density at radius 3 is 2.61 bits per heavy atom. The monoisotopic (exact) mass is 239 g/mol. The molecule has 0 aliphatic carbocycles. The Kier molecular flexibility index (Phi) is 2.93. The molecule has 1 aliphatic rings. The van der Waals surface area contributed by atoms with Gasteiger partial charge in [0.2, 0.25) is 0 Å². The van der Waals surface area contributed by atoms with E-state index in [-0.39, 0.29) is 0 Å². The van der Waals surface area contributed by atoms with E-state index in [0.29, 0.717) is 6.61 Å². The van der Waals surface area contributed by atoms with Crippen LogP contribution in [0.4, 0.5) is 5.69 Å². The molecule has 0 saturated heterocycles. The molecule has 0 fully saturated rings. The Labute approximate surface area is 108 Å². The fourth-order valence-corrected chi connectivity index (χ4v) is 2.39. The van der Waals surface area contributed by atoms with Crippen LogP contribution in [0.5, 0.6) is 5.75 Å². The second-order valence-electron chi connectivity index (χ2n) is 4.51. The first-order chi connectivity index (χ1) is 8.86. The van der Waals surface area contributed by atoms with Crippen LogP contribution in [-0.2, 0) is 6.42 Å². The normalized spacial score (nSPS) is 12.9. The largest absolute Gasteiger partial charge is 0.494 e. The number of ether oxygens (including phenoxy) is 1. The molecular formula is C16H17NO. The third kappa shape index (κ3) is 2.06. The van der Waals surface area contributed by atoms with E-state index in [4.69, 9.17) is 4.74 Å². The molecule has 3 rings (SSSR count). The van der Waals surface area contributed by atoms with Crippen LogP contribution in [0.25, 0.3) is 11.1 Å². The van der Waals surface area contributed by atoms with E-state index < -0.39 is 0 Å². The molecule has 0 spiro atoms. The summed E-state index contributed by atoms with van der Waals surface area (Å²) in [5.41, 5.74) is 5.22. The van der Waals surface area contributed by atoms with Crippen molar-refractivity contribution in [3.8, 4) is 16.9 Å². The van der Waals surface area contributed by atoms with E-state index in [1.54, 1.807) is 0 Å². The van der Waals surface area contributed by atoms with E-state index in [2.05, 4.69) is 35.6 Å². The smallest absolute Gasteiger partial charge is 0.119 e. The Balaban J connectivity index is 1.90. The van der Waals surface area contributed by atoms with Gasteiger partial charge in [-0.3, -0.25) is 0 Å². The van der Waals surface area contributed by atoms with E-state index in [1.165, 1.54) is 22.4 Å². The summed E-state index contributed by atoms with van der Waals surface area (Å²) in [5, 5.41) is 3.38. The second-order valence-corrected chi connectivity index (χ2v) is 4.51. The first kappa shape index (κ1) is 11.1. The van der Waals surface area contributed by atoms with Crippen LogP contribution in [0.3, 0.4) is 0 Å². The molecule has 0 unspecified atom stereocenters. The minimum Gasteiger partial charge on any atom is -0.494 e. The molecule has 2 heteroatoms. The summed E-state index contributed by atoms with van der Waals surface area (Å²) in [7, 11) is 0.